The Hall–Kier alpha value is -2.14. The molecular weight excluding hydrogens is 276 g/mol. The maximum Gasteiger partial charge on any atom is 0.128 e. The summed E-state index contributed by atoms with van der Waals surface area (Å²) in [6, 6.07) is 12.2. The molecule has 22 heavy (non-hydrogen) atoms. The molecule has 2 aromatic rings. The van der Waals surface area contributed by atoms with Crippen molar-refractivity contribution in [1.82, 2.24) is 9.97 Å². The van der Waals surface area contributed by atoms with Gasteiger partial charge in [-0.25, -0.2) is 9.97 Å². The van der Waals surface area contributed by atoms with E-state index in [9.17, 15) is 0 Å². The number of pyridine rings is 2. The summed E-state index contributed by atoms with van der Waals surface area (Å²) < 4.78 is 5.93. The van der Waals surface area contributed by atoms with Crippen molar-refractivity contribution in [3.8, 4) is 0 Å². The Morgan fingerprint density at radius 1 is 1.14 bits per heavy atom. The quantitative estimate of drug-likeness (QED) is 0.870. The molecule has 5 nitrogen and oxygen atoms in total. The average Bonchev–Trinajstić information content (AvgIpc) is 2.55. The summed E-state index contributed by atoms with van der Waals surface area (Å²) in [5.41, 5.74) is 2.01. The molecule has 2 aromatic heterocycles. The molecule has 0 aromatic carbocycles. The van der Waals surface area contributed by atoms with Gasteiger partial charge in [-0.3, -0.25) is 0 Å². The van der Waals surface area contributed by atoms with Crippen molar-refractivity contribution in [3.63, 3.8) is 0 Å². The van der Waals surface area contributed by atoms with Crippen molar-refractivity contribution in [2.45, 2.75) is 13.0 Å². The number of aryl methyl sites for hydroxylation is 1. The molecule has 1 aliphatic rings. The van der Waals surface area contributed by atoms with Crippen LogP contribution in [0.3, 0.4) is 0 Å². The Labute approximate surface area is 131 Å². The highest BCUT2D eigenvalue weighted by Gasteiger charge is 2.24. The maximum absolute atomic E-state index is 5.93. The second-order valence-corrected chi connectivity index (χ2v) is 5.76. The normalized spacial score (nSPS) is 18.3. The van der Waals surface area contributed by atoms with E-state index < -0.39 is 0 Å². The van der Waals surface area contributed by atoms with E-state index in [1.807, 2.05) is 56.3 Å². The molecule has 0 bridgehead atoms. The zero-order valence-corrected chi connectivity index (χ0v) is 13.4. The third-order valence-corrected chi connectivity index (χ3v) is 3.81. The van der Waals surface area contributed by atoms with Crippen molar-refractivity contribution in [2.75, 3.05) is 43.6 Å². The smallest absolute Gasteiger partial charge is 0.128 e. The van der Waals surface area contributed by atoms with Gasteiger partial charge in [0.2, 0.25) is 0 Å². The van der Waals surface area contributed by atoms with E-state index >= 15 is 0 Å². The van der Waals surface area contributed by atoms with Gasteiger partial charge in [-0.15, -0.1) is 0 Å². The molecule has 0 spiro atoms. The van der Waals surface area contributed by atoms with E-state index in [1.54, 1.807) is 0 Å². The number of anilines is 2. The second kappa shape index (κ2) is 6.32. The van der Waals surface area contributed by atoms with Gasteiger partial charge in [-0.05, 0) is 31.2 Å². The predicted molar refractivity (Wildman–Crippen MR) is 88.4 cm³/mol. The van der Waals surface area contributed by atoms with Crippen LogP contribution in [0.5, 0.6) is 0 Å². The first-order valence-corrected chi connectivity index (χ1v) is 7.58. The Balaban J connectivity index is 1.79. The average molecular weight is 298 g/mol. The van der Waals surface area contributed by atoms with Gasteiger partial charge < -0.3 is 14.5 Å². The summed E-state index contributed by atoms with van der Waals surface area (Å²) in [6.07, 6.45) is -0.0176. The number of morpholine rings is 1. The van der Waals surface area contributed by atoms with Crippen LogP contribution >= 0.6 is 0 Å². The van der Waals surface area contributed by atoms with Crippen molar-refractivity contribution in [3.05, 3.63) is 47.8 Å². The Bertz CT molecular complexity index is 644. The number of aromatic nitrogens is 2. The lowest BCUT2D eigenvalue weighted by Gasteiger charge is -2.33. The van der Waals surface area contributed by atoms with E-state index in [4.69, 9.17) is 9.72 Å². The van der Waals surface area contributed by atoms with E-state index in [-0.39, 0.29) is 6.10 Å². The van der Waals surface area contributed by atoms with Crippen molar-refractivity contribution >= 4 is 11.6 Å². The van der Waals surface area contributed by atoms with Crippen molar-refractivity contribution in [2.24, 2.45) is 0 Å². The Morgan fingerprint density at radius 3 is 2.73 bits per heavy atom. The van der Waals surface area contributed by atoms with Crippen LogP contribution in [0.2, 0.25) is 0 Å². The fourth-order valence-corrected chi connectivity index (χ4v) is 2.61. The van der Waals surface area contributed by atoms with Crippen molar-refractivity contribution in [1.29, 1.82) is 0 Å². The minimum Gasteiger partial charge on any atom is -0.368 e. The molecule has 3 rings (SSSR count). The largest absolute Gasteiger partial charge is 0.368 e. The van der Waals surface area contributed by atoms with Crippen LogP contribution in [-0.4, -0.2) is 43.8 Å². The van der Waals surface area contributed by atoms with Gasteiger partial charge in [0.15, 0.2) is 0 Å². The number of rotatable bonds is 3. The van der Waals surface area contributed by atoms with E-state index in [1.165, 1.54) is 0 Å². The van der Waals surface area contributed by atoms with E-state index in [2.05, 4.69) is 16.0 Å². The zero-order valence-electron chi connectivity index (χ0n) is 13.4. The minimum atomic E-state index is -0.0176. The molecule has 5 heteroatoms. The van der Waals surface area contributed by atoms with Gasteiger partial charge in [-0.1, -0.05) is 12.1 Å². The molecule has 0 aliphatic carbocycles. The topological polar surface area (TPSA) is 41.5 Å². The van der Waals surface area contributed by atoms with Crippen LogP contribution in [0.4, 0.5) is 11.6 Å². The summed E-state index contributed by atoms with van der Waals surface area (Å²) in [7, 11) is 3.99. The van der Waals surface area contributed by atoms with Crippen LogP contribution in [0.1, 0.15) is 17.5 Å². The molecule has 0 saturated carbocycles. The summed E-state index contributed by atoms with van der Waals surface area (Å²) in [5.74, 6) is 1.96. The van der Waals surface area contributed by atoms with E-state index in [0.29, 0.717) is 6.61 Å². The standard InChI is InChI=1S/C17H22N4O/c1-13-6-4-9-17(18-13)21-10-11-22-15(12-21)14-7-5-8-16(19-14)20(2)3/h4-9,15H,10-12H2,1-3H3/t15-/m1/s1. The highest BCUT2D eigenvalue weighted by molar-refractivity contribution is 5.41. The molecule has 1 fully saturated rings. The lowest BCUT2D eigenvalue weighted by atomic mass is 10.2. The third kappa shape index (κ3) is 3.20. The molecule has 3 heterocycles. The summed E-state index contributed by atoms with van der Waals surface area (Å²) in [5, 5.41) is 0. The lowest BCUT2D eigenvalue weighted by molar-refractivity contribution is 0.0368. The van der Waals surface area contributed by atoms with Gasteiger partial charge in [0.1, 0.15) is 17.7 Å². The first-order chi connectivity index (χ1) is 10.6. The molecule has 0 amide bonds. The first kappa shape index (κ1) is 14.8. The molecule has 0 radical (unpaired) electrons. The van der Waals surface area contributed by atoms with Crippen LogP contribution < -0.4 is 9.80 Å². The number of ether oxygens (including phenoxy) is 1. The Kier molecular flexibility index (Phi) is 4.24. The van der Waals surface area contributed by atoms with E-state index in [0.717, 1.165) is 36.1 Å². The second-order valence-electron chi connectivity index (χ2n) is 5.76. The third-order valence-electron chi connectivity index (χ3n) is 3.81. The van der Waals surface area contributed by atoms with Crippen LogP contribution in [0.15, 0.2) is 36.4 Å². The van der Waals surface area contributed by atoms with Gasteiger partial charge in [0.25, 0.3) is 0 Å². The SMILES string of the molecule is Cc1cccc(N2CCO[C@@H](c3cccc(N(C)C)n3)C2)n1. The molecule has 1 atom stereocenters. The van der Waals surface area contributed by atoms with Gasteiger partial charge in [-0.2, -0.15) is 0 Å². The highest BCUT2D eigenvalue weighted by Crippen LogP contribution is 2.25. The molecule has 1 aliphatic heterocycles. The summed E-state index contributed by atoms with van der Waals surface area (Å²) in [4.78, 5) is 13.6. The number of nitrogens with zero attached hydrogens (tertiary/aromatic N) is 4. The summed E-state index contributed by atoms with van der Waals surface area (Å²) >= 11 is 0. The molecule has 0 N–H and O–H groups in total. The fraction of sp³-hybridized carbons (Fsp3) is 0.412. The first-order valence-electron chi connectivity index (χ1n) is 7.58. The molecule has 116 valence electrons. The van der Waals surface area contributed by atoms with Crippen LogP contribution in [-0.2, 0) is 4.74 Å². The lowest BCUT2D eigenvalue weighted by Crippen LogP contribution is -2.39. The Morgan fingerprint density at radius 2 is 1.95 bits per heavy atom. The monoisotopic (exact) mass is 298 g/mol. The minimum absolute atomic E-state index is 0.0176. The van der Waals surface area contributed by atoms with Gasteiger partial charge >= 0.3 is 0 Å². The van der Waals surface area contributed by atoms with Gasteiger partial charge in [0.05, 0.1) is 18.8 Å². The molecule has 0 unspecified atom stereocenters. The highest BCUT2D eigenvalue weighted by atomic mass is 16.5. The summed E-state index contributed by atoms with van der Waals surface area (Å²) in [6.45, 7) is 4.35. The number of hydrogen-bond donors (Lipinski definition) is 0. The molecular formula is C17H22N4O. The maximum atomic E-state index is 5.93. The predicted octanol–water partition coefficient (Wildman–Crippen LogP) is 2.43. The molecule has 1 saturated heterocycles. The fourth-order valence-electron chi connectivity index (χ4n) is 2.61. The van der Waals surface area contributed by atoms with Crippen molar-refractivity contribution < 1.29 is 4.74 Å². The van der Waals surface area contributed by atoms with Gasteiger partial charge in [0, 0.05) is 26.3 Å². The number of hydrogen-bond acceptors (Lipinski definition) is 5. The van der Waals surface area contributed by atoms with Crippen LogP contribution in [0.25, 0.3) is 0 Å². The van der Waals surface area contributed by atoms with Crippen LogP contribution in [0, 0.1) is 6.92 Å². The zero-order chi connectivity index (χ0) is 15.5.